The topological polar surface area (TPSA) is 92.0 Å². The number of nitrogens with two attached hydrogens (primary N) is 1. The Morgan fingerprint density at radius 3 is 2.59 bits per heavy atom. The number of rotatable bonds is 8. The van der Waals surface area contributed by atoms with Crippen LogP contribution in [-0.2, 0) is 4.79 Å². The Labute approximate surface area is 162 Å². The van der Waals surface area contributed by atoms with Gasteiger partial charge < -0.3 is 21.1 Å². The van der Waals surface area contributed by atoms with Crippen LogP contribution in [-0.4, -0.2) is 61.6 Å². The van der Waals surface area contributed by atoms with Crippen LogP contribution < -0.4 is 21.1 Å². The van der Waals surface area contributed by atoms with Crippen LogP contribution in [0, 0.1) is 6.92 Å². The lowest BCUT2D eigenvalue weighted by Crippen LogP contribution is -2.50. The maximum Gasteiger partial charge on any atom is 0.231 e. The van der Waals surface area contributed by atoms with E-state index in [4.69, 9.17) is 10.5 Å². The molecule has 0 saturated carbocycles. The minimum Gasteiger partial charge on any atom is -0.489 e. The molecule has 1 aliphatic heterocycles. The molecule has 7 nitrogen and oxygen atoms in total. The van der Waals surface area contributed by atoms with Gasteiger partial charge in [-0.1, -0.05) is 17.7 Å². The lowest BCUT2D eigenvalue weighted by atomic mass is 10.1. The number of benzene rings is 1. The van der Waals surface area contributed by atoms with Crippen molar-refractivity contribution in [1.29, 1.82) is 0 Å². The number of likely N-dealkylation sites (tertiary alicyclic amines) is 1. The molecule has 4 N–H and O–H groups in total. The van der Waals surface area contributed by atoms with E-state index in [0.717, 1.165) is 44.2 Å². The standard InChI is InChI=1S/C20H33N5O2/c1-4-22-20(24-17-9-11-25(12-10-17)14-19(21)26)23-13-16(3)27-18-7-5-15(2)6-8-18/h5-8,16-17H,4,9-14H2,1-3H3,(H2,21,26)(H2,22,23,24). The average molecular weight is 376 g/mol. The van der Waals surface area contributed by atoms with Crippen molar-refractivity contribution in [2.24, 2.45) is 10.7 Å². The van der Waals surface area contributed by atoms with Crippen LogP contribution in [0.1, 0.15) is 32.3 Å². The van der Waals surface area contributed by atoms with Gasteiger partial charge in [0.15, 0.2) is 5.96 Å². The summed E-state index contributed by atoms with van der Waals surface area (Å²) in [7, 11) is 0. The fourth-order valence-corrected chi connectivity index (χ4v) is 3.08. The molecule has 0 spiro atoms. The molecule has 1 unspecified atom stereocenters. The van der Waals surface area contributed by atoms with Crippen LogP contribution in [0.4, 0.5) is 0 Å². The van der Waals surface area contributed by atoms with Gasteiger partial charge in [0.1, 0.15) is 11.9 Å². The van der Waals surface area contributed by atoms with E-state index in [1.54, 1.807) is 0 Å². The molecule has 1 saturated heterocycles. The Bertz CT molecular complexity index is 609. The number of aryl methyl sites for hydroxylation is 1. The summed E-state index contributed by atoms with van der Waals surface area (Å²) in [6.07, 6.45) is 1.92. The van der Waals surface area contributed by atoms with Crippen LogP contribution in [0.2, 0.25) is 0 Å². The van der Waals surface area contributed by atoms with Crippen molar-refractivity contribution in [3.63, 3.8) is 0 Å². The predicted molar refractivity (Wildman–Crippen MR) is 109 cm³/mol. The summed E-state index contributed by atoms with van der Waals surface area (Å²) in [5.74, 6) is 1.41. The van der Waals surface area contributed by atoms with Crippen molar-refractivity contribution >= 4 is 11.9 Å². The Morgan fingerprint density at radius 1 is 1.33 bits per heavy atom. The second-order valence-electron chi connectivity index (χ2n) is 7.12. The lowest BCUT2D eigenvalue weighted by molar-refractivity contribution is -0.119. The van der Waals surface area contributed by atoms with Gasteiger partial charge in [0, 0.05) is 25.7 Å². The van der Waals surface area contributed by atoms with E-state index in [1.165, 1.54) is 5.56 Å². The largest absolute Gasteiger partial charge is 0.489 e. The Morgan fingerprint density at radius 2 is 2.00 bits per heavy atom. The van der Waals surface area contributed by atoms with Crippen LogP contribution >= 0.6 is 0 Å². The zero-order valence-electron chi connectivity index (χ0n) is 16.7. The maximum atomic E-state index is 11.0. The molecule has 1 amide bonds. The summed E-state index contributed by atoms with van der Waals surface area (Å²) < 4.78 is 5.93. The van der Waals surface area contributed by atoms with E-state index in [0.29, 0.717) is 19.1 Å². The van der Waals surface area contributed by atoms with Gasteiger partial charge in [-0.2, -0.15) is 0 Å². The van der Waals surface area contributed by atoms with Crippen LogP contribution in [0.3, 0.4) is 0 Å². The minimum atomic E-state index is -0.265. The third kappa shape index (κ3) is 7.86. The highest BCUT2D eigenvalue weighted by molar-refractivity contribution is 5.80. The number of hydrogen-bond donors (Lipinski definition) is 3. The summed E-state index contributed by atoms with van der Waals surface area (Å²) in [5.41, 5.74) is 6.49. The first-order valence-electron chi connectivity index (χ1n) is 9.75. The quantitative estimate of drug-likeness (QED) is 0.470. The molecule has 0 bridgehead atoms. The number of carbonyl (C=O) groups is 1. The summed E-state index contributed by atoms with van der Waals surface area (Å²) in [6.45, 7) is 9.59. The van der Waals surface area contributed by atoms with Gasteiger partial charge in [-0.05, 0) is 45.7 Å². The molecule has 1 aromatic rings. The molecule has 1 aliphatic rings. The van der Waals surface area contributed by atoms with E-state index < -0.39 is 0 Å². The smallest absolute Gasteiger partial charge is 0.231 e. The fourth-order valence-electron chi connectivity index (χ4n) is 3.08. The van der Waals surface area contributed by atoms with Crippen molar-refractivity contribution in [1.82, 2.24) is 15.5 Å². The molecular formula is C20H33N5O2. The second kappa shape index (κ2) is 10.8. The normalized spacial score (nSPS) is 17.4. The zero-order valence-corrected chi connectivity index (χ0v) is 16.7. The molecule has 7 heteroatoms. The molecule has 1 fully saturated rings. The number of nitrogens with zero attached hydrogens (tertiary/aromatic N) is 2. The third-order valence-corrected chi connectivity index (χ3v) is 4.52. The SMILES string of the molecule is CCNC(=NCC(C)Oc1ccc(C)cc1)NC1CCN(CC(N)=O)CC1. The van der Waals surface area contributed by atoms with E-state index >= 15 is 0 Å². The van der Waals surface area contributed by atoms with Crippen molar-refractivity contribution in [2.75, 3.05) is 32.7 Å². The average Bonchev–Trinajstić information content (AvgIpc) is 2.63. The van der Waals surface area contributed by atoms with Gasteiger partial charge in [-0.25, -0.2) is 4.99 Å². The Balaban J connectivity index is 1.81. The highest BCUT2D eigenvalue weighted by atomic mass is 16.5. The second-order valence-corrected chi connectivity index (χ2v) is 7.12. The first-order valence-corrected chi connectivity index (χ1v) is 9.75. The predicted octanol–water partition coefficient (Wildman–Crippen LogP) is 1.27. The van der Waals surface area contributed by atoms with Crippen molar-refractivity contribution in [3.05, 3.63) is 29.8 Å². The number of carbonyl (C=O) groups excluding carboxylic acids is 1. The molecule has 150 valence electrons. The molecule has 0 aromatic heterocycles. The number of aliphatic imine (C=N–C) groups is 1. The highest BCUT2D eigenvalue weighted by Gasteiger charge is 2.20. The van der Waals surface area contributed by atoms with E-state index in [2.05, 4.69) is 34.4 Å². The molecule has 2 rings (SSSR count). The Hall–Kier alpha value is -2.28. The van der Waals surface area contributed by atoms with E-state index in [-0.39, 0.29) is 12.0 Å². The number of amides is 1. The van der Waals surface area contributed by atoms with Crippen molar-refractivity contribution in [3.8, 4) is 5.75 Å². The first kappa shape index (κ1) is 21.0. The number of piperidine rings is 1. The number of hydrogen-bond acceptors (Lipinski definition) is 4. The minimum absolute atomic E-state index is 0.0134. The van der Waals surface area contributed by atoms with Gasteiger partial charge >= 0.3 is 0 Å². The van der Waals surface area contributed by atoms with Gasteiger partial charge in [0.2, 0.25) is 5.91 Å². The monoisotopic (exact) mass is 375 g/mol. The molecule has 0 radical (unpaired) electrons. The summed E-state index contributed by atoms with van der Waals surface area (Å²) >= 11 is 0. The number of nitrogens with one attached hydrogen (secondary N) is 2. The molecule has 1 aromatic carbocycles. The first-order chi connectivity index (χ1) is 13.0. The van der Waals surface area contributed by atoms with Crippen molar-refractivity contribution in [2.45, 2.75) is 45.8 Å². The van der Waals surface area contributed by atoms with Crippen LogP contribution in [0.25, 0.3) is 0 Å². The van der Waals surface area contributed by atoms with E-state index in [9.17, 15) is 4.79 Å². The lowest BCUT2D eigenvalue weighted by Gasteiger charge is -2.32. The molecule has 27 heavy (non-hydrogen) atoms. The Kier molecular flexibility index (Phi) is 8.39. The molecular weight excluding hydrogens is 342 g/mol. The molecule has 1 heterocycles. The van der Waals surface area contributed by atoms with E-state index in [1.807, 2.05) is 31.2 Å². The molecule has 1 atom stereocenters. The zero-order chi connectivity index (χ0) is 19.6. The number of ether oxygens (including phenoxy) is 1. The van der Waals surface area contributed by atoms with Crippen LogP contribution in [0.15, 0.2) is 29.3 Å². The number of guanidine groups is 1. The summed E-state index contributed by atoms with van der Waals surface area (Å²) in [4.78, 5) is 17.8. The van der Waals surface area contributed by atoms with Crippen molar-refractivity contribution < 1.29 is 9.53 Å². The fraction of sp³-hybridized carbons (Fsp3) is 0.600. The highest BCUT2D eigenvalue weighted by Crippen LogP contribution is 2.13. The molecule has 0 aliphatic carbocycles. The summed E-state index contributed by atoms with van der Waals surface area (Å²) in [5, 5.41) is 6.79. The van der Waals surface area contributed by atoms with Crippen LogP contribution in [0.5, 0.6) is 5.75 Å². The third-order valence-electron chi connectivity index (χ3n) is 4.52. The summed E-state index contributed by atoms with van der Waals surface area (Å²) in [6, 6.07) is 8.40. The van der Waals surface area contributed by atoms with Gasteiger partial charge in [-0.3, -0.25) is 9.69 Å². The maximum absolute atomic E-state index is 11.0. The van der Waals surface area contributed by atoms with Gasteiger partial charge in [0.05, 0.1) is 13.1 Å². The number of primary amides is 1. The van der Waals surface area contributed by atoms with Gasteiger partial charge in [0.25, 0.3) is 0 Å². The van der Waals surface area contributed by atoms with Gasteiger partial charge in [-0.15, -0.1) is 0 Å².